The summed E-state index contributed by atoms with van der Waals surface area (Å²) in [5, 5.41) is 20.4. The summed E-state index contributed by atoms with van der Waals surface area (Å²) >= 11 is 0. The highest BCUT2D eigenvalue weighted by molar-refractivity contribution is 5.74. The summed E-state index contributed by atoms with van der Waals surface area (Å²) in [5.41, 5.74) is 0. The van der Waals surface area contributed by atoms with Crippen LogP contribution < -0.4 is 5.32 Å². The fraction of sp³-hybridized carbons (Fsp3) is 0.857. The van der Waals surface area contributed by atoms with Crippen molar-refractivity contribution in [3.8, 4) is 0 Å². The van der Waals surface area contributed by atoms with Crippen molar-refractivity contribution in [1.82, 2.24) is 15.1 Å². The van der Waals surface area contributed by atoms with Crippen molar-refractivity contribution in [1.29, 1.82) is 0 Å². The number of nitrogens with one attached hydrogen (secondary N) is 1. The molecule has 120 valence electrons. The highest BCUT2D eigenvalue weighted by Crippen LogP contribution is 2.24. The molecule has 2 rings (SSSR count). The number of carbonyl (C=O) groups excluding carboxylic acids is 1. The first-order valence-corrected chi connectivity index (χ1v) is 7.75. The molecule has 0 spiro atoms. The van der Waals surface area contributed by atoms with E-state index in [0.29, 0.717) is 19.1 Å². The molecular formula is C14H25N3O4. The minimum absolute atomic E-state index is 0.0309. The molecule has 1 saturated carbocycles. The van der Waals surface area contributed by atoms with Crippen LogP contribution >= 0.6 is 0 Å². The molecule has 2 aliphatic rings. The second kappa shape index (κ2) is 7.61. The van der Waals surface area contributed by atoms with Crippen molar-refractivity contribution in [3.63, 3.8) is 0 Å². The van der Waals surface area contributed by atoms with Crippen molar-refractivity contribution < 1.29 is 19.8 Å². The zero-order chi connectivity index (χ0) is 15.2. The molecular weight excluding hydrogens is 274 g/mol. The van der Waals surface area contributed by atoms with Gasteiger partial charge in [0.25, 0.3) is 0 Å². The third kappa shape index (κ3) is 4.57. The Hall–Kier alpha value is -1.34. The standard InChI is InChI=1S/C14H25N3O4/c18-12(13(19)20)5-6-15-14(21)17-9-7-16(8-10-17)11-3-1-2-4-11/h11-12,18H,1-10H2,(H,15,21)(H,19,20). The molecule has 1 saturated heterocycles. The number of carbonyl (C=O) groups is 2. The lowest BCUT2D eigenvalue weighted by Gasteiger charge is -2.38. The average Bonchev–Trinajstić information content (AvgIpc) is 3.01. The van der Waals surface area contributed by atoms with Gasteiger partial charge in [-0.3, -0.25) is 4.90 Å². The Bertz CT molecular complexity index is 363. The lowest BCUT2D eigenvalue weighted by atomic mass is 10.2. The summed E-state index contributed by atoms with van der Waals surface area (Å²) in [6.45, 7) is 3.43. The Balaban J connectivity index is 1.64. The van der Waals surface area contributed by atoms with Crippen LogP contribution in [-0.2, 0) is 4.79 Å². The van der Waals surface area contributed by atoms with Gasteiger partial charge in [-0.1, -0.05) is 12.8 Å². The van der Waals surface area contributed by atoms with E-state index in [-0.39, 0.29) is 19.0 Å². The van der Waals surface area contributed by atoms with Gasteiger partial charge in [-0.05, 0) is 12.8 Å². The largest absolute Gasteiger partial charge is 0.479 e. The third-order valence-corrected chi connectivity index (χ3v) is 4.42. The summed E-state index contributed by atoms with van der Waals surface area (Å²) in [4.78, 5) is 26.6. The zero-order valence-corrected chi connectivity index (χ0v) is 12.3. The number of urea groups is 1. The molecule has 0 aromatic rings. The number of carboxylic acids is 1. The van der Waals surface area contributed by atoms with Crippen LogP contribution in [0.5, 0.6) is 0 Å². The van der Waals surface area contributed by atoms with Crippen LogP contribution in [0.1, 0.15) is 32.1 Å². The van der Waals surface area contributed by atoms with Crippen molar-refractivity contribution >= 4 is 12.0 Å². The number of hydrogen-bond acceptors (Lipinski definition) is 4. The number of rotatable bonds is 5. The highest BCUT2D eigenvalue weighted by atomic mass is 16.4. The minimum atomic E-state index is -1.41. The first kappa shape index (κ1) is 16.0. The monoisotopic (exact) mass is 299 g/mol. The van der Waals surface area contributed by atoms with Gasteiger partial charge < -0.3 is 20.4 Å². The van der Waals surface area contributed by atoms with Gasteiger partial charge in [-0.2, -0.15) is 0 Å². The molecule has 0 aromatic carbocycles. The number of piperazine rings is 1. The molecule has 0 bridgehead atoms. The zero-order valence-electron chi connectivity index (χ0n) is 12.3. The average molecular weight is 299 g/mol. The number of amides is 2. The molecule has 7 heteroatoms. The van der Waals surface area contributed by atoms with E-state index in [2.05, 4.69) is 10.2 Å². The third-order valence-electron chi connectivity index (χ3n) is 4.42. The van der Waals surface area contributed by atoms with Crippen molar-refractivity contribution in [2.75, 3.05) is 32.7 Å². The van der Waals surface area contributed by atoms with E-state index in [9.17, 15) is 9.59 Å². The number of nitrogens with zero attached hydrogens (tertiary/aromatic N) is 2. The molecule has 1 aliphatic carbocycles. The smallest absolute Gasteiger partial charge is 0.332 e. The molecule has 2 amide bonds. The van der Waals surface area contributed by atoms with E-state index in [4.69, 9.17) is 10.2 Å². The first-order chi connectivity index (χ1) is 10.1. The predicted octanol–water partition coefficient (Wildman–Crippen LogP) is 0.0918. The maximum atomic E-state index is 11.9. The molecule has 3 N–H and O–H groups in total. The van der Waals surface area contributed by atoms with Gasteiger partial charge in [-0.25, -0.2) is 9.59 Å². The SMILES string of the molecule is O=C(O)C(O)CCNC(=O)N1CCN(C2CCCC2)CC1. The van der Waals surface area contributed by atoms with Gasteiger partial charge in [0.1, 0.15) is 0 Å². The van der Waals surface area contributed by atoms with Crippen LogP contribution in [0.3, 0.4) is 0 Å². The van der Waals surface area contributed by atoms with E-state index in [1.807, 2.05) is 0 Å². The molecule has 0 aromatic heterocycles. The Labute approximate surface area is 124 Å². The second-order valence-corrected chi connectivity index (χ2v) is 5.84. The maximum Gasteiger partial charge on any atom is 0.332 e. The number of hydrogen-bond donors (Lipinski definition) is 3. The summed E-state index contributed by atoms with van der Waals surface area (Å²) in [7, 11) is 0. The van der Waals surface area contributed by atoms with Crippen LogP contribution in [-0.4, -0.2) is 76.9 Å². The molecule has 7 nitrogen and oxygen atoms in total. The summed E-state index contributed by atoms with van der Waals surface area (Å²) in [5.74, 6) is -1.26. The highest BCUT2D eigenvalue weighted by Gasteiger charge is 2.27. The van der Waals surface area contributed by atoms with Crippen LogP contribution in [0.15, 0.2) is 0 Å². The Morgan fingerprint density at radius 3 is 2.33 bits per heavy atom. The fourth-order valence-electron chi connectivity index (χ4n) is 3.11. The van der Waals surface area contributed by atoms with Crippen LogP contribution in [0.2, 0.25) is 0 Å². The minimum Gasteiger partial charge on any atom is -0.479 e. The van der Waals surface area contributed by atoms with Crippen molar-refractivity contribution in [2.24, 2.45) is 0 Å². The summed E-state index contributed by atoms with van der Waals surface area (Å²) in [6, 6.07) is 0.527. The first-order valence-electron chi connectivity index (χ1n) is 7.75. The van der Waals surface area contributed by atoms with E-state index in [1.54, 1.807) is 4.90 Å². The molecule has 2 fully saturated rings. The van der Waals surface area contributed by atoms with Crippen LogP contribution in [0.25, 0.3) is 0 Å². The number of aliphatic hydroxyl groups is 1. The van der Waals surface area contributed by atoms with Gasteiger partial charge in [0.05, 0.1) is 0 Å². The van der Waals surface area contributed by atoms with Gasteiger partial charge in [0.15, 0.2) is 6.10 Å². The number of aliphatic hydroxyl groups excluding tert-OH is 1. The Morgan fingerprint density at radius 1 is 1.14 bits per heavy atom. The normalized spacial score (nSPS) is 22.2. The molecule has 0 radical (unpaired) electrons. The quantitative estimate of drug-likeness (QED) is 0.669. The van der Waals surface area contributed by atoms with Crippen LogP contribution in [0.4, 0.5) is 4.79 Å². The van der Waals surface area contributed by atoms with E-state index < -0.39 is 12.1 Å². The van der Waals surface area contributed by atoms with Crippen LogP contribution in [0, 0.1) is 0 Å². The lowest BCUT2D eigenvalue weighted by molar-refractivity contribution is -0.146. The topological polar surface area (TPSA) is 93.1 Å². The molecule has 1 atom stereocenters. The predicted molar refractivity (Wildman–Crippen MR) is 77.1 cm³/mol. The Kier molecular flexibility index (Phi) is 5.81. The van der Waals surface area contributed by atoms with Gasteiger partial charge >= 0.3 is 12.0 Å². The number of carboxylic acid groups (broad SMARTS) is 1. The number of aliphatic carboxylic acids is 1. The van der Waals surface area contributed by atoms with E-state index >= 15 is 0 Å². The maximum absolute atomic E-state index is 11.9. The van der Waals surface area contributed by atoms with Gasteiger partial charge in [0, 0.05) is 45.2 Å². The molecule has 21 heavy (non-hydrogen) atoms. The lowest BCUT2D eigenvalue weighted by Crippen LogP contribution is -2.54. The summed E-state index contributed by atoms with van der Waals surface area (Å²) < 4.78 is 0. The van der Waals surface area contributed by atoms with E-state index in [1.165, 1.54) is 25.7 Å². The Morgan fingerprint density at radius 2 is 1.76 bits per heavy atom. The second-order valence-electron chi connectivity index (χ2n) is 5.84. The van der Waals surface area contributed by atoms with E-state index in [0.717, 1.165) is 13.1 Å². The fourth-order valence-corrected chi connectivity index (χ4v) is 3.11. The van der Waals surface area contributed by atoms with Crippen molar-refractivity contribution in [2.45, 2.75) is 44.2 Å². The molecule has 1 unspecified atom stereocenters. The van der Waals surface area contributed by atoms with Crippen molar-refractivity contribution in [3.05, 3.63) is 0 Å². The molecule has 1 heterocycles. The van der Waals surface area contributed by atoms with Gasteiger partial charge in [0.2, 0.25) is 0 Å². The molecule has 1 aliphatic heterocycles. The van der Waals surface area contributed by atoms with Gasteiger partial charge in [-0.15, -0.1) is 0 Å². The summed E-state index contributed by atoms with van der Waals surface area (Å²) in [6.07, 6.45) is 3.81.